The van der Waals surface area contributed by atoms with Gasteiger partial charge in [0.1, 0.15) is 6.33 Å². The Balaban J connectivity index is 0.000000963. The Kier molecular flexibility index (Phi) is 3.36. The molecule has 0 bridgehead atoms. The summed E-state index contributed by atoms with van der Waals surface area (Å²) in [4.78, 5) is 8.18. The molecule has 2 aromatic rings. The summed E-state index contributed by atoms with van der Waals surface area (Å²) in [5.74, 6) is 0.572. The van der Waals surface area contributed by atoms with E-state index in [4.69, 9.17) is 0 Å². The van der Waals surface area contributed by atoms with Crippen molar-refractivity contribution in [1.82, 2.24) is 25.5 Å². The third kappa shape index (κ3) is 1.88. The molecule has 0 aliphatic carbocycles. The van der Waals surface area contributed by atoms with Crippen LogP contribution >= 0.6 is 12.4 Å². The minimum absolute atomic E-state index is 0. The van der Waals surface area contributed by atoms with E-state index in [9.17, 15) is 0 Å². The molecule has 0 spiro atoms. The highest BCUT2D eigenvalue weighted by molar-refractivity contribution is 5.85. The SMILES string of the molecule is Cl.c1ncc2c(C3CCNCC3)[nH]nc2n1. The van der Waals surface area contributed by atoms with Gasteiger partial charge in [0.2, 0.25) is 0 Å². The number of hydrogen-bond donors (Lipinski definition) is 2. The highest BCUT2D eigenvalue weighted by Gasteiger charge is 2.19. The molecule has 6 heteroatoms. The van der Waals surface area contributed by atoms with Crippen molar-refractivity contribution in [2.75, 3.05) is 13.1 Å². The minimum Gasteiger partial charge on any atom is -0.317 e. The Bertz CT molecular complexity index is 463. The number of piperidine rings is 1. The van der Waals surface area contributed by atoms with Gasteiger partial charge in [-0.05, 0) is 25.9 Å². The molecule has 1 aliphatic rings. The van der Waals surface area contributed by atoms with Gasteiger partial charge in [-0.3, -0.25) is 5.10 Å². The van der Waals surface area contributed by atoms with Crippen molar-refractivity contribution in [2.24, 2.45) is 0 Å². The van der Waals surface area contributed by atoms with Crippen LogP contribution in [0.2, 0.25) is 0 Å². The summed E-state index contributed by atoms with van der Waals surface area (Å²) in [7, 11) is 0. The molecular weight excluding hydrogens is 226 g/mol. The monoisotopic (exact) mass is 239 g/mol. The molecule has 0 aromatic carbocycles. The lowest BCUT2D eigenvalue weighted by Crippen LogP contribution is -2.26. The third-order valence-corrected chi connectivity index (χ3v) is 3.01. The molecule has 1 fully saturated rings. The maximum absolute atomic E-state index is 4.20. The molecule has 2 aromatic heterocycles. The maximum atomic E-state index is 4.20. The lowest BCUT2D eigenvalue weighted by atomic mass is 9.93. The average molecular weight is 240 g/mol. The zero-order valence-corrected chi connectivity index (χ0v) is 9.63. The lowest BCUT2D eigenvalue weighted by Gasteiger charge is -2.21. The molecule has 0 saturated carbocycles. The van der Waals surface area contributed by atoms with E-state index in [1.807, 2.05) is 6.20 Å². The van der Waals surface area contributed by atoms with Gasteiger partial charge in [-0.15, -0.1) is 12.4 Å². The smallest absolute Gasteiger partial charge is 0.184 e. The Morgan fingerprint density at radius 2 is 2.06 bits per heavy atom. The molecule has 0 amide bonds. The number of halogens is 1. The standard InChI is InChI=1S/C10H13N5.ClH/c1-3-11-4-2-7(1)9-8-5-12-6-13-10(8)15-14-9;/h5-7,11H,1-4H2,(H,12,13,14,15);1H. The molecule has 1 aliphatic heterocycles. The fourth-order valence-corrected chi connectivity index (χ4v) is 2.20. The number of aromatic amines is 1. The number of fused-ring (bicyclic) bond motifs is 1. The Labute approximate surface area is 99.5 Å². The summed E-state index contributed by atoms with van der Waals surface area (Å²) in [6, 6.07) is 0. The molecule has 3 heterocycles. The van der Waals surface area contributed by atoms with E-state index in [-0.39, 0.29) is 12.4 Å². The minimum atomic E-state index is 0. The van der Waals surface area contributed by atoms with Gasteiger partial charge in [0, 0.05) is 17.8 Å². The molecule has 86 valence electrons. The number of rotatable bonds is 1. The largest absolute Gasteiger partial charge is 0.317 e. The predicted molar refractivity (Wildman–Crippen MR) is 63.8 cm³/mol. The van der Waals surface area contributed by atoms with Crippen molar-refractivity contribution in [2.45, 2.75) is 18.8 Å². The van der Waals surface area contributed by atoms with Gasteiger partial charge in [0.05, 0.1) is 5.39 Å². The number of H-pyrrole nitrogens is 1. The topological polar surface area (TPSA) is 66.5 Å². The first kappa shape index (κ1) is 11.3. The number of nitrogens with one attached hydrogen (secondary N) is 2. The summed E-state index contributed by atoms with van der Waals surface area (Å²) >= 11 is 0. The predicted octanol–water partition coefficient (Wildman–Crippen LogP) is 1.24. The van der Waals surface area contributed by atoms with Crippen LogP contribution in [0.1, 0.15) is 24.5 Å². The molecule has 3 rings (SSSR count). The average Bonchev–Trinajstić information content (AvgIpc) is 2.74. The van der Waals surface area contributed by atoms with E-state index < -0.39 is 0 Å². The summed E-state index contributed by atoms with van der Waals surface area (Å²) in [6.07, 6.45) is 5.71. The van der Waals surface area contributed by atoms with Gasteiger partial charge in [-0.1, -0.05) is 0 Å². The van der Waals surface area contributed by atoms with Crippen LogP contribution < -0.4 is 5.32 Å². The fourth-order valence-electron chi connectivity index (χ4n) is 2.20. The normalized spacial score (nSPS) is 17.2. The van der Waals surface area contributed by atoms with Gasteiger partial charge in [-0.25, -0.2) is 9.97 Å². The lowest BCUT2D eigenvalue weighted by molar-refractivity contribution is 0.454. The van der Waals surface area contributed by atoms with Crippen molar-refractivity contribution in [3.8, 4) is 0 Å². The molecule has 0 unspecified atom stereocenters. The molecule has 2 N–H and O–H groups in total. The Morgan fingerprint density at radius 1 is 1.25 bits per heavy atom. The Hall–Kier alpha value is -1.20. The van der Waals surface area contributed by atoms with E-state index in [0.29, 0.717) is 5.92 Å². The summed E-state index contributed by atoms with van der Waals surface area (Å²) in [5.41, 5.74) is 1.98. The van der Waals surface area contributed by atoms with Crippen LogP contribution in [-0.2, 0) is 0 Å². The summed E-state index contributed by atoms with van der Waals surface area (Å²) < 4.78 is 0. The van der Waals surface area contributed by atoms with E-state index in [1.54, 1.807) is 0 Å². The second-order valence-corrected chi connectivity index (χ2v) is 3.92. The second kappa shape index (κ2) is 4.76. The molecule has 1 saturated heterocycles. The van der Waals surface area contributed by atoms with Gasteiger partial charge < -0.3 is 5.32 Å². The molecular formula is C10H14ClN5. The fraction of sp³-hybridized carbons (Fsp3) is 0.500. The second-order valence-electron chi connectivity index (χ2n) is 3.92. The van der Waals surface area contributed by atoms with Crippen molar-refractivity contribution in [1.29, 1.82) is 0 Å². The van der Waals surface area contributed by atoms with Crippen molar-refractivity contribution >= 4 is 23.4 Å². The highest BCUT2D eigenvalue weighted by Crippen LogP contribution is 2.27. The molecule has 0 radical (unpaired) electrons. The van der Waals surface area contributed by atoms with Gasteiger partial charge in [0.25, 0.3) is 0 Å². The van der Waals surface area contributed by atoms with Gasteiger partial charge >= 0.3 is 0 Å². The van der Waals surface area contributed by atoms with Gasteiger partial charge in [-0.2, -0.15) is 5.10 Å². The van der Waals surface area contributed by atoms with Crippen LogP contribution in [0.25, 0.3) is 11.0 Å². The van der Waals surface area contributed by atoms with Crippen LogP contribution in [0.5, 0.6) is 0 Å². The summed E-state index contributed by atoms with van der Waals surface area (Å²) in [5, 5.41) is 11.7. The van der Waals surface area contributed by atoms with E-state index in [2.05, 4.69) is 25.5 Å². The first-order valence-electron chi connectivity index (χ1n) is 5.30. The quantitative estimate of drug-likeness (QED) is 0.786. The van der Waals surface area contributed by atoms with Crippen LogP contribution in [0, 0.1) is 0 Å². The number of nitrogens with zero attached hydrogens (tertiary/aromatic N) is 3. The molecule has 0 atom stereocenters. The first-order valence-corrected chi connectivity index (χ1v) is 5.30. The first-order chi connectivity index (χ1) is 7.45. The van der Waals surface area contributed by atoms with E-state index in [0.717, 1.165) is 37.0 Å². The van der Waals surface area contributed by atoms with Gasteiger partial charge in [0.15, 0.2) is 5.65 Å². The number of aromatic nitrogens is 4. The van der Waals surface area contributed by atoms with Crippen molar-refractivity contribution < 1.29 is 0 Å². The zero-order valence-electron chi connectivity index (χ0n) is 8.81. The van der Waals surface area contributed by atoms with E-state index in [1.165, 1.54) is 12.0 Å². The van der Waals surface area contributed by atoms with Crippen molar-refractivity contribution in [3.05, 3.63) is 18.2 Å². The highest BCUT2D eigenvalue weighted by atomic mass is 35.5. The van der Waals surface area contributed by atoms with Crippen LogP contribution in [0.3, 0.4) is 0 Å². The Morgan fingerprint density at radius 3 is 2.88 bits per heavy atom. The van der Waals surface area contributed by atoms with Crippen LogP contribution in [0.4, 0.5) is 0 Å². The third-order valence-electron chi connectivity index (χ3n) is 3.01. The van der Waals surface area contributed by atoms with E-state index >= 15 is 0 Å². The maximum Gasteiger partial charge on any atom is 0.184 e. The van der Waals surface area contributed by atoms with Crippen LogP contribution in [-0.4, -0.2) is 33.3 Å². The molecule has 5 nitrogen and oxygen atoms in total. The van der Waals surface area contributed by atoms with Crippen molar-refractivity contribution in [3.63, 3.8) is 0 Å². The summed E-state index contributed by atoms with van der Waals surface area (Å²) in [6.45, 7) is 2.16. The number of hydrogen-bond acceptors (Lipinski definition) is 4. The zero-order chi connectivity index (χ0) is 10.1. The molecule has 16 heavy (non-hydrogen) atoms. The van der Waals surface area contributed by atoms with Crippen LogP contribution in [0.15, 0.2) is 12.5 Å².